The highest BCUT2D eigenvalue weighted by Crippen LogP contribution is 2.35. The molecule has 4 aromatic rings. The first-order chi connectivity index (χ1) is 13.9. The maximum Gasteiger partial charge on any atom is 0.260 e. The van der Waals surface area contributed by atoms with E-state index in [1.165, 1.54) is 11.3 Å². The van der Waals surface area contributed by atoms with Crippen LogP contribution >= 0.6 is 46.1 Å². The van der Waals surface area contributed by atoms with Crippen LogP contribution in [0.25, 0.3) is 10.2 Å². The zero-order valence-electron chi connectivity index (χ0n) is 15.2. The molecule has 0 fully saturated rings. The highest BCUT2D eigenvalue weighted by Gasteiger charge is 2.23. The second-order valence-corrected chi connectivity index (χ2v) is 8.68. The van der Waals surface area contributed by atoms with Gasteiger partial charge in [0.25, 0.3) is 5.91 Å². The molecule has 0 aliphatic rings. The Morgan fingerprint density at radius 3 is 2.52 bits per heavy atom. The number of hydrogen-bond acceptors (Lipinski definition) is 4. The van der Waals surface area contributed by atoms with Crippen molar-refractivity contribution in [2.75, 3.05) is 4.90 Å². The molecule has 0 aliphatic heterocycles. The zero-order chi connectivity index (χ0) is 20.5. The van der Waals surface area contributed by atoms with Gasteiger partial charge < -0.3 is 0 Å². The molecular formula is C21H14Cl3N3OS. The molecule has 8 heteroatoms. The molecule has 1 amide bonds. The van der Waals surface area contributed by atoms with E-state index in [-0.39, 0.29) is 12.5 Å². The number of aromatic nitrogens is 2. The van der Waals surface area contributed by atoms with Crippen LogP contribution in [0.5, 0.6) is 0 Å². The number of carbonyl (C=O) groups excluding carboxylic acids is 1. The maximum absolute atomic E-state index is 13.4. The summed E-state index contributed by atoms with van der Waals surface area (Å²) in [5.41, 5.74) is 2.78. The van der Waals surface area contributed by atoms with Gasteiger partial charge in [-0.05, 0) is 55.0 Å². The van der Waals surface area contributed by atoms with Crippen LogP contribution in [0.4, 0.5) is 5.13 Å². The molecule has 2 heterocycles. The minimum Gasteiger partial charge on any atom is -0.278 e. The van der Waals surface area contributed by atoms with E-state index in [9.17, 15) is 4.79 Å². The minimum atomic E-state index is -0.261. The van der Waals surface area contributed by atoms with E-state index < -0.39 is 0 Å². The fraction of sp³-hybridized carbons (Fsp3) is 0.0952. The second-order valence-electron chi connectivity index (χ2n) is 6.39. The van der Waals surface area contributed by atoms with Gasteiger partial charge in [-0.3, -0.25) is 14.7 Å². The van der Waals surface area contributed by atoms with Crippen LogP contribution in [0.15, 0.2) is 54.7 Å². The second kappa shape index (κ2) is 8.28. The SMILES string of the molecule is Cc1c(Cl)ccc2sc(N(Cc3ccccn3)C(=O)c3cc(Cl)cc(Cl)c3)nc12. The van der Waals surface area contributed by atoms with Crippen LogP contribution in [0, 0.1) is 6.92 Å². The first kappa shape index (κ1) is 20.1. The summed E-state index contributed by atoms with van der Waals surface area (Å²) in [6.07, 6.45) is 1.69. The molecule has 0 saturated heterocycles. The van der Waals surface area contributed by atoms with Crippen LogP contribution in [0.3, 0.4) is 0 Å². The van der Waals surface area contributed by atoms with Crippen molar-refractivity contribution in [2.45, 2.75) is 13.5 Å². The molecule has 0 N–H and O–H groups in total. The number of fused-ring (bicyclic) bond motifs is 1. The van der Waals surface area contributed by atoms with Gasteiger partial charge in [0.2, 0.25) is 0 Å². The molecule has 0 radical (unpaired) electrons. The molecule has 29 heavy (non-hydrogen) atoms. The Hall–Kier alpha value is -2.18. The first-order valence-corrected chi connectivity index (χ1v) is 10.6. The lowest BCUT2D eigenvalue weighted by molar-refractivity contribution is 0.0985. The molecule has 0 aliphatic carbocycles. The number of thiazole rings is 1. The molecule has 0 spiro atoms. The van der Waals surface area contributed by atoms with Gasteiger partial charge >= 0.3 is 0 Å². The third-order valence-electron chi connectivity index (χ3n) is 4.37. The largest absolute Gasteiger partial charge is 0.278 e. The van der Waals surface area contributed by atoms with Crippen molar-refractivity contribution in [2.24, 2.45) is 0 Å². The van der Waals surface area contributed by atoms with Gasteiger partial charge in [-0.15, -0.1) is 0 Å². The lowest BCUT2D eigenvalue weighted by Gasteiger charge is -2.20. The quantitative estimate of drug-likeness (QED) is 0.335. The number of aryl methyl sites for hydroxylation is 1. The zero-order valence-corrected chi connectivity index (χ0v) is 18.3. The molecular weight excluding hydrogens is 449 g/mol. The Balaban J connectivity index is 1.82. The van der Waals surface area contributed by atoms with Crippen molar-refractivity contribution in [1.82, 2.24) is 9.97 Å². The van der Waals surface area contributed by atoms with E-state index in [4.69, 9.17) is 39.8 Å². The number of pyridine rings is 1. The molecule has 2 aromatic carbocycles. The Morgan fingerprint density at radius 2 is 1.83 bits per heavy atom. The lowest BCUT2D eigenvalue weighted by atomic mass is 10.2. The number of halogens is 3. The fourth-order valence-corrected chi connectivity index (χ4v) is 4.62. The van der Waals surface area contributed by atoms with E-state index in [2.05, 4.69) is 4.98 Å². The molecule has 2 aromatic heterocycles. The molecule has 146 valence electrons. The van der Waals surface area contributed by atoms with Crippen molar-refractivity contribution < 1.29 is 4.79 Å². The van der Waals surface area contributed by atoms with Crippen LogP contribution in [-0.2, 0) is 6.54 Å². The normalized spacial score (nSPS) is 11.0. The predicted molar refractivity (Wildman–Crippen MR) is 121 cm³/mol. The minimum absolute atomic E-state index is 0.260. The third-order valence-corrected chi connectivity index (χ3v) is 6.26. The molecule has 4 nitrogen and oxygen atoms in total. The maximum atomic E-state index is 13.4. The average Bonchev–Trinajstić information content (AvgIpc) is 3.13. The smallest absolute Gasteiger partial charge is 0.260 e. The first-order valence-electron chi connectivity index (χ1n) is 8.66. The number of carbonyl (C=O) groups is 1. The third kappa shape index (κ3) is 4.23. The van der Waals surface area contributed by atoms with E-state index in [0.29, 0.717) is 25.8 Å². The Bertz CT molecular complexity index is 1190. The highest BCUT2D eigenvalue weighted by molar-refractivity contribution is 7.22. The fourth-order valence-electron chi connectivity index (χ4n) is 2.92. The highest BCUT2D eigenvalue weighted by atomic mass is 35.5. The van der Waals surface area contributed by atoms with Gasteiger partial charge in [0.15, 0.2) is 5.13 Å². The van der Waals surface area contributed by atoms with Gasteiger partial charge in [0.1, 0.15) is 0 Å². The van der Waals surface area contributed by atoms with Crippen LogP contribution in [0.2, 0.25) is 15.1 Å². The number of anilines is 1. The summed E-state index contributed by atoms with van der Waals surface area (Å²) in [5, 5.41) is 1.98. The number of hydrogen-bond donors (Lipinski definition) is 0. The Morgan fingerprint density at radius 1 is 1.07 bits per heavy atom. The number of rotatable bonds is 4. The summed E-state index contributed by atoms with van der Waals surface area (Å²) in [6, 6.07) is 14.1. The van der Waals surface area contributed by atoms with Crippen molar-refractivity contribution in [3.8, 4) is 0 Å². The van der Waals surface area contributed by atoms with E-state index in [0.717, 1.165) is 21.5 Å². The monoisotopic (exact) mass is 461 g/mol. The summed E-state index contributed by atoms with van der Waals surface area (Å²) in [7, 11) is 0. The number of benzene rings is 2. The number of nitrogens with zero attached hydrogens (tertiary/aromatic N) is 3. The van der Waals surface area contributed by atoms with Gasteiger partial charge in [-0.2, -0.15) is 0 Å². The summed E-state index contributed by atoms with van der Waals surface area (Å²) >= 11 is 19.9. The van der Waals surface area contributed by atoms with Crippen molar-refractivity contribution >= 4 is 67.4 Å². The Kier molecular flexibility index (Phi) is 5.74. The van der Waals surface area contributed by atoms with Crippen molar-refractivity contribution in [3.05, 3.63) is 86.6 Å². The van der Waals surface area contributed by atoms with Gasteiger partial charge in [-0.1, -0.05) is 52.2 Å². The van der Waals surface area contributed by atoms with Crippen molar-refractivity contribution in [3.63, 3.8) is 0 Å². The topological polar surface area (TPSA) is 46.1 Å². The van der Waals surface area contributed by atoms with Crippen molar-refractivity contribution in [1.29, 1.82) is 0 Å². The molecule has 0 saturated carbocycles. The summed E-state index contributed by atoms with van der Waals surface area (Å²) < 4.78 is 0.949. The van der Waals surface area contributed by atoms with Crippen LogP contribution in [-0.4, -0.2) is 15.9 Å². The molecule has 0 bridgehead atoms. The summed E-state index contributed by atoms with van der Waals surface area (Å²) in [5.74, 6) is -0.261. The van der Waals surface area contributed by atoms with Gasteiger partial charge in [-0.25, -0.2) is 4.98 Å². The van der Waals surface area contributed by atoms with E-state index in [1.807, 2.05) is 37.3 Å². The summed E-state index contributed by atoms with van der Waals surface area (Å²) in [6.45, 7) is 2.17. The van der Waals surface area contributed by atoms with Gasteiger partial charge in [0, 0.05) is 26.8 Å². The average molecular weight is 463 g/mol. The Labute approximate surface area is 186 Å². The molecule has 4 rings (SSSR count). The molecule has 0 atom stereocenters. The van der Waals surface area contributed by atoms with Crippen LogP contribution < -0.4 is 4.90 Å². The summed E-state index contributed by atoms with van der Waals surface area (Å²) in [4.78, 5) is 24.0. The molecule has 0 unspecified atom stereocenters. The van der Waals surface area contributed by atoms with E-state index >= 15 is 0 Å². The number of amides is 1. The van der Waals surface area contributed by atoms with Crippen LogP contribution in [0.1, 0.15) is 21.6 Å². The predicted octanol–water partition coefficient (Wildman–Crippen LogP) is 6.81. The lowest BCUT2D eigenvalue weighted by Crippen LogP contribution is -2.30. The standard InChI is InChI=1S/C21H14Cl3N3OS/c1-12-17(24)5-6-18-19(12)26-21(29-18)27(11-16-4-2-3-7-25-16)20(28)13-8-14(22)10-15(23)9-13/h2-10H,11H2,1H3. The van der Waals surface area contributed by atoms with Gasteiger partial charge in [0.05, 0.1) is 22.5 Å². The van der Waals surface area contributed by atoms with E-state index in [1.54, 1.807) is 29.3 Å².